The number of amides is 1. The molecule has 0 saturated carbocycles. The van der Waals surface area contributed by atoms with Gasteiger partial charge >= 0.3 is 6.36 Å². The highest BCUT2D eigenvalue weighted by molar-refractivity contribution is 7.89. The molecule has 1 amide bonds. The lowest BCUT2D eigenvalue weighted by molar-refractivity contribution is -0.275. The van der Waals surface area contributed by atoms with Gasteiger partial charge in [0.2, 0.25) is 15.9 Å². The molecule has 0 bridgehead atoms. The summed E-state index contributed by atoms with van der Waals surface area (Å²) in [6, 6.07) is 5.70. The van der Waals surface area contributed by atoms with Crippen molar-refractivity contribution in [1.29, 1.82) is 0 Å². The molecule has 2 aromatic carbocycles. The number of benzene rings is 2. The summed E-state index contributed by atoms with van der Waals surface area (Å²) < 4.78 is 95.0. The minimum atomic E-state index is -5.03. The fraction of sp³-hybridized carbons (Fsp3) is 0.304. The monoisotopic (exact) mass is 544 g/mol. The molecule has 0 aromatic heterocycles. The van der Waals surface area contributed by atoms with Crippen LogP contribution in [-0.4, -0.2) is 56.5 Å². The number of carbonyl (C=O) groups is 1. The van der Waals surface area contributed by atoms with Crippen molar-refractivity contribution in [3.8, 4) is 5.75 Å². The van der Waals surface area contributed by atoms with Crippen LogP contribution in [0.2, 0.25) is 0 Å². The van der Waals surface area contributed by atoms with Crippen molar-refractivity contribution < 1.29 is 39.9 Å². The number of carbonyl (C=O) groups excluding carboxylic acids is 1. The standard InChI is InChI=1S/C23H21F5N4O4S/c24-15-4-6-17(7-5-15)37(34,35)32-9-1-2-20(32)22(33)29-12-16-11-19(31-13-30-16)14-3-8-21(18(25)10-14)36-23(26,27)28/h3-8,10-11,13,16,20H,1-2,9,12H2,(H,29,33)(H,30,31). The van der Waals surface area contributed by atoms with Crippen LogP contribution in [0.4, 0.5) is 22.0 Å². The van der Waals surface area contributed by atoms with Crippen molar-refractivity contribution in [2.24, 2.45) is 4.99 Å². The molecule has 0 radical (unpaired) electrons. The number of hydrogen-bond acceptors (Lipinski definition) is 6. The molecule has 0 spiro atoms. The Hall–Kier alpha value is -3.52. The van der Waals surface area contributed by atoms with Gasteiger partial charge in [-0.1, -0.05) is 0 Å². The molecule has 198 valence electrons. The molecule has 1 fully saturated rings. The third-order valence-corrected chi connectivity index (χ3v) is 7.65. The Kier molecular flexibility index (Phi) is 7.50. The molecule has 14 heteroatoms. The number of sulfonamides is 1. The Bertz CT molecular complexity index is 1330. The van der Waals surface area contributed by atoms with E-state index in [0.717, 1.165) is 40.7 Å². The minimum absolute atomic E-state index is 0.0147. The van der Waals surface area contributed by atoms with Crippen molar-refractivity contribution in [2.75, 3.05) is 13.1 Å². The topological polar surface area (TPSA) is 100 Å². The van der Waals surface area contributed by atoms with Crippen LogP contribution in [0.5, 0.6) is 5.75 Å². The largest absolute Gasteiger partial charge is 0.573 e. The molecule has 2 aromatic rings. The Morgan fingerprint density at radius 3 is 2.57 bits per heavy atom. The van der Waals surface area contributed by atoms with Crippen LogP contribution in [-0.2, 0) is 14.8 Å². The maximum Gasteiger partial charge on any atom is 0.573 e. The summed E-state index contributed by atoms with van der Waals surface area (Å²) in [7, 11) is -4.02. The molecular weight excluding hydrogens is 523 g/mol. The summed E-state index contributed by atoms with van der Waals surface area (Å²) in [5.74, 6) is -3.31. The molecule has 0 aliphatic carbocycles. The molecule has 1 saturated heterocycles. The quantitative estimate of drug-likeness (QED) is 0.522. The molecule has 4 rings (SSSR count). The van der Waals surface area contributed by atoms with Gasteiger partial charge in [0.15, 0.2) is 11.6 Å². The molecule has 2 aliphatic rings. The van der Waals surface area contributed by atoms with E-state index in [2.05, 4.69) is 20.4 Å². The van der Waals surface area contributed by atoms with Crippen LogP contribution >= 0.6 is 0 Å². The summed E-state index contributed by atoms with van der Waals surface area (Å²) in [5.41, 5.74) is 0.565. The predicted molar refractivity (Wildman–Crippen MR) is 123 cm³/mol. The van der Waals surface area contributed by atoms with Crippen LogP contribution < -0.4 is 15.4 Å². The van der Waals surface area contributed by atoms with Gasteiger partial charge in [-0.25, -0.2) is 17.2 Å². The van der Waals surface area contributed by atoms with E-state index in [0.29, 0.717) is 18.5 Å². The molecular formula is C23H21F5N4O4S. The lowest BCUT2D eigenvalue weighted by Crippen LogP contribution is -2.47. The molecule has 2 heterocycles. The Labute approximate surface area is 208 Å². The van der Waals surface area contributed by atoms with Crippen molar-refractivity contribution in [3.63, 3.8) is 0 Å². The zero-order chi connectivity index (χ0) is 26.8. The van der Waals surface area contributed by atoms with Gasteiger partial charge in [0.05, 0.1) is 17.3 Å². The predicted octanol–water partition coefficient (Wildman–Crippen LogP) is 3.17. The number of alkyl halides is 3. The third-order valence-electron chi connectivity index (χ3n) is 5.73. The first-order valence-corrected chi connectivity index (χ1v) is 12.5. The minimum Gasteiger partial charge on any atom is -0.403 e. The third kappa shape index (κ3) is 6.25. The zero-order valence-electron chi connectivity index (χ0n) is 19.0. The number of halogens is 5. The fourth-order valence-corrected chi connectivity index (χ4v) is 5.66. The van der Waals surface area contributed by atoms with Gasteiger partial charge in [-0.15, -0.1) is 13.2 Å². The average Bonchev–Trinajstić information content (AvgIpc) is 3.35. The van der Waals surface area contributed by atoms with Gasteiger partial charge in [-0.3, -0.25) is 9.79 Å². The summed E-state index contributed by atoms with van der Waals surface area (Å²) in [6.07, 6.45) is -1.43. The lowest BCUT2D eigenvalue weighted by atomic mass is 10.1. The SMILES string of the molecule is O=C(NCC1C=C(c2ccc(OC(F)(F)F)c(F)c2)NC=N1)C1CCCN1S(=O)(=O)c1ccc(F)cc1. The van der Waals surface area contributed by atoms with Gasteiger partial charge in [0.1, 0.15) is 11.9 Å². The van der Waals surface area contributed by atoms with Crippen LogP contribution in [0.25, 0.3) is 5.70 Å². The van der Waals surface area contributed by atoms with Gasteiger partial charge in [-0.2, -0.15) is 4.31 Å². The van der Waals surface area contributed by atoms with Gasteiger partial charge < -0.3 is 15.4 Å². The van der Waals surface area contributed by atoms with E-state index >= 15 is 0 Å². The summed E-state index contributed by atoms with van der Waals surface area (Å²) in [5, 5.41) is 5.43. The van der Waals surface area contributed by atoms with E-state index in [1.54, 1.807) is 6.08 Å². The molecule has 8 nitrogen and oxygen atoms in total. The second-order valence-electron chi connectivity index (χ2n) is 8.24. The lowest BCUT2D eigenvalue weighted by Gasteiger charge is -2.24. The highest BCUT2D eigenvalue weighted by Crippen LogP contribution is 2.29. The van der Waals surface area contributed by atoms with E-state index in [9.17, 15) is 35.2 Å². The van der Waals surface area contributed by atoms with E-state index in [1.807, 2.05) is 0 Å². The number of nitrogens with zero attached hydrogens (tertiary/aromatic N) is 2. The van der Waals surface area contributed by atoms with Gasteiger partial charge in [0.25, 0.3) is 0 Å². The first-order chi connectivity index (χ1) is 17.4. The maximum atomic E-state index is 14.1. The Balaban J connectivity index is 1.41. The number of ether oxygens (including phenoxy) is 1. The van der Waals surface area contributed by atoms with E-state index in [-0.39, 0.29) is 23.5 Å². The van der Waals surface area contributed by atoms with Crippen LogP contribution in [0, 0.1) is 11.6 Å². The zero-order valence-corrected chi connectivity index (χ0v) is 19.8. The van der Waals surface area contributed by atoms with Crippen molar-refractivity contribution >= 4 is 28.0 Å². The molecule has 37 heavy (non-hydrogen) atoms. The number of hydrogen-bond donors (Lipinski definition) is 2. The van der Waals surface area contributed by atoms with Crippen LogP contribution in [0.1, 0.15) is 18.4 Å². The summed E-state index contributed by atoms with van der Waals surface area (Å²) in [6.45, 7) is 0.117. The van der Waals surface area contributed by atoms with E-state index in [4.69, 9.17) is 0 Å². The van der Waals surface area contributed by atoms with Crippen molar-refractivity contribution in [2.45, 2.75) is 36.2 Å². The molecule has 2 N–H and O–H groups in total. The normalized spacial score (nSPS) is 20.3. The molecule has 2 unspecified atom stereocenters. The summed E-state index contributed by atoms with van der Waals surface area (Å²) in [4.78, 5) is 16.9. The highest BCUT2D eigenvalue weighted by Gasteiger charge is 2.39. The number of rotatable bonds is 7. The smallest absolute Gasteiger partial charge is 0.403 e. The first kappa shape index (κ1) is 26.5. The highest BCUT2D eigenvalue weighted by atomic mass is 32.2. The van der Waals surface area contributed by atoms with Crippen LogP contribution in [0.15, 0.2) is 58.4 Å². The second-order valence-corrected chi connectivity index (χ2v) is 10.1. The summed E-state index contributed by atoms with van der Waals surface area (Å²) >= 11 is 0. The van der Waals surface area contributed by atoms with Crippen molar-refractivity contribution in [3.05, 3.63) is 65.7 Å². The van der Waals surface area contributed by atoms with E-state index < -0.39 is 51.8 Å². The van der Waals surface area contributed by atoms with Crippen LogP contribution in [0.3, 0.4) is 0 Å². The Morgan fingerprint density at radius 2 is 1.89 bits per heavy atom. The first-order valence-electron chi connectivity index (χ1n) is 11.0. The number of aliphatic imine (C=N–C) groups is 1. The fourth-order valence-electron chi connectivity index (χ4n) is 4.01. The maximum absolute atomic E-state index is 14.1. The van der Waals surface area contributed by atoms with Gasteiger partial charge in [0, 0.05) is 24.4 Å². The molecule has 2 aliphatic heterocycles. The van der Waals surface area contributed by atoms with Gasteiger partial charge in [-0.05, 0) is 61.4 Å². The molecule has 2 atom stereocenters. The second kappa shape index (κ2) is 10.5. The van der Waals surface area contributed by atoms with E-state index in [1.165, 1.54) is 12.4 Å². The average molecular weight is 545 g/mol. The number of nitrogens with one attached hydrogen (secondary N) is 2. The Morgan fingerprint density at radius 1 is 1.16 bits per heavy atom. The van der Waals surface area contributed by atoms with Crippen molar-refractivity contribution in [1.82, 2.24) is 14.9 Å².